The lowest BCUT2D eigenvalue weighted by atomic mass is 10.2. The van der Waals surface area contributed by atoms with Crippen LogP contribution in [0.1, 0.15) is 91.5 Å². The number of hydrogen-bond donors (Lipinski definition) is 0. The van der Waals surface area contributed by atoms with Gasteiger partial charge in [-0.2, -0.15) is 0 Å². The highest BCUT2D eigenvalue weighted by Gasteiger charge is 2.10. The Bertz CT molecular complexity index is 1390. The summed E-state index contributed by atoms with van der Waals surface area (Å²) in [5.74, 6) is 1.48. The highest BCUT2D eigenvalue weighted by atomic mass is 16.5. The Morgan fingerprint density at radius 1 is 0.522 bits per heavy atom. The first-order valence-electron chi connectivity index (χ1n) is 16.2. The van der Waals surface area contributed by atoms with E-state index in [-0.39, 0.29) is 0 Å². The van der Waals surface area contributed by atoms with Crippen molar-refractivity contribution in [2.75, 3.05) is 13.2 Å². The summed E-state index contributed by atoms with van der Waals surface area (Å²) in [6, 6.07) is 28.0. The molecule has 0 radical (unpaired) electrons. The van der Waals surface area contributed by atoms with Gasteiger partial charge in [-0.05, 0) is 115 Å². The van der Waals surface area contributed by atoms with Gasteiger partial charge in [0.1, 0.15) is 23.0 Å². The van der Waals surface area contributed by atoms with E-state index in [9.17, 15) is 9.59 Å². The van der Waals surface area contributed by atoms with Crippen molar-refractivity contribution in [1.82, 2.24) is 0 Å². The molecule has 0 bridgehead atoms. The normalized spacial score (nSPS) is 10.9. The third-order valence-electron chi connectivity index (χ3n) is 7.21. The second-order valence-corrected chi connectivity index (χ2v) is 11.0. The van der Waals surface area contributed by atoms with Crippen molar-refractivity contribution in [1.29, 1.82) is 0 Å². The SMILES string of the molecule is CCCCCCOc1ccc(C(=O)Oc2ccc(C=Nc3ccc(OC(=O)c4ccc(OCCCCCC)cc4)cc3)cc2)cc1. The third kappa shape index (κ3) is 11.5. The predicted octanol–water partition coefficient (Wildman–Crippen LogP) is 9.79. The van der Waals surface area contributed by atoms with Gasteiger partial charge < -0.3 is 18.9 Å². The smallest absolute Gasteiger partial charge is 0.343 e. The second kappa shape index (κ2) is 18.8. The van der Waals surface area contributed by atoms with Crippen molar-refractivity contribution in [3.63, 3.8) is 0 Å². The number of unbranched alkanes of at least 4 members (excludes halogenated alkanes) is 6. The average Bonchev–Trinajstić information content (AvgIpc) is 3.09. The van der Waals surface area contributed by atoms with Crippen LogP contribution in [0.25, 0.3) is 0 Å². The summed E-state index contributed by atoms with van der Waals surface area (Å²) in [5.41, 5.74) is 2.44. The molecule has 0 N–H and O–H groups in total. The van der Waals surface area contributed by atoms with Gasteiger partial charge in [-0.15, -0.1) is 0 Å². The second-order valence-electron chi connectivity index (χ2n) is 11.0. The number of ether oxygens (including phenoxy) is 4. The van der Waals surface area contributed by atoms with E-state index in [1.165, 1.54) is 25.7 Å². The maximum atomic E-state index is 12.6. The number of benzene rings is 4. The van der Waals surface area contributed by atoms with Crippen LogP contribution in [-0.2, 0) is 0 Å². The number of rotatable bonds is 18. The number of nitrogens with zero attached hydrogens (tertiary/aromatic N) is 1. The van der Waals surface area contributed by atoms with Crippen LogP contribution in [0.4, 0.5) is 5.69 Å². The Hall–Kier alpha value is -4.91. The monoisotopic (exact) mass is 621 g/mol. The Balaban J connectivity index is 1.21. The van der Waals surface area contributed by atoms with Crippen molar-refractivity contribution in [3.05, 3.63) is 114 Å². The Kier molecular flexibility index (Phi) is 13.9. The number of esters is 2. The summed E-state index contributed by atoms with van der Waals surface area (Å²) in [5, 5.41) is 0. The largest absolute Gasteiger partial charge is 0.494 e. The fraction of sp³-hybridized carbons (Fsp3) is 0.308. The van der Waals surface area contributed by atoms with Gasteiger partial charge in [0, 0.05) is 6.21 Å². The molecule has 4 aromatic carbocycles. The molecule has 4 rings (SSSR count). The number of hydrogen-bond acceptors (Lipinski definition) is 7. The van der Waals surface area contributed by atoms with Crippen LogP contribution < -0.4 is 18.9 Å². The molecule has 7 nitrogen and oxygen atoms in total. The maximum absolute atomic E-state index is 12.6. The molecule has 0 spiro atoms. The molecule has 0 amide bonds. The van der Waals surface area contributed by atoms with Crippen molar-refractivity contribution < 1.29 is 28.5 Å². The van der Waals surface area contributed by atoms with E-state index >= 15 is 0 Å². The van der Waals surface area contributed by atoms with Gasteiger partial charge in [-0.25, -0.2) is 9.59 Å². The standard InChI is InChI=1S/C39H43NO6/c1-3-5-7-9-27-43-34-21-13-31(14-22-34)38(41)45-36-19-11-30(12-20-36)29-40-33-17-25-37(26-18-33)46-39(42)32-15-23-35(24-16-32)44-28-10-8-6-4-2/h11-26,29H,3-10,27-28H2,1-2H3. The first-order valence-corrected chi connectivity index (χ1v) is 16.2. The molecule has 0 aliphatic carbocycles. The molecule has 0 fully saturated rings. The first-order chi connectivity index (χ1) is 22.5. The summed E-state index contributed by atoms with van der Waals surface area (Å²) in [7, 11) is 0. The molecule has 7 heteroatoms. The lowest BCUT2D eigenvalue weighted by molar-refractivity contribution is 0.0725. The van der Waals surface area contributed by atoms with Gasteiger partial charge in [0.05, 0.1) is 30.0 Å². The van der Waals surface area contributed by atoms with Gasteiger partial charge in [0.15, 0.2) is 0 Å². The van der Waals surface area contributed by atoms with Crippen molar-refractivity contribution >= 4 is 23.8 Å². The van der Waals surface area contributed by atoms with Gasteiger partial charge in [0.2, 0.25) is 0 Å². The van der Waals surface area contributed by atoms with Gasteiger partial charge >= 0.3 is 11.9 Å². The van der Waals surface area contributed by atoms with E-state index in [0.29, 0.717) is 41.5 Å². The molecule has 0 heterocycles. The molecule has 240 valence electrons. The molecule has 0 atom stereocenters. The summed E-state index contributed by atoms with van der Waals surface area (Å²) in [6.45, 7) is 5.70. The lowest BCUT2D eigenvalue weighted by Crippen LogP contribution is -2.08. The molecule has 0 saturated heterocycles. The van der Waals surface area contributed by atoms with Crippen molar-refractivity contribution in [3.8, 4) is 23.0 Å². The summed E-state index contributed by atoms with van der Waals surface area (Å²) < 4.78 is 22.5. The number of carbonyl (C=O) groups excluding carboxylic acids is 2. The average molecular weight is 622 g/mol. The molecule has 0 aromatic heterocycles. The van der Waals surface area contributed by atoms with E-state index in [1.54, 1.807) is 91.1 Å². The van der Waals surface area contributed by atoms with Crippen LogP contribution in [0.3, 0.4) is 0 Å². The van der Waals surface area contributed by atoms with E-state index in [2.05, 4.69) is 18.8 Å². The van der Waals surface area contributed by atoms with Gasteiger partial charge in [0.25, 0.3) is 0 Å². The van der Waals surface area contributed by atoms with Gasteiger partial charge in [-0.3, -0.25) is 4.99 Å². The Morgan fingerprint density at radius 2 is 0.935 bits per heavy atom. The highest BCUT2D eigenvalue weighted by Crippen LogP contribution is 2.21. The molecule has 0 aliphatic heterocycles. The fourth-order valence-electron chi connectivity index (χ4n) is 4.52. The molecular formula is C39H43NO6. The Labute approximate surface area is 272 Å². The zero-order chi connectivity index (χ0) is 32.4. The predicted molar refractivity (Wildman–Crippen MR) is 182 cm³/mol. The summed E-state index contributed by atoms with van der Waals surface area (Å²) in [4.78, 5) is 29.6. The molecule has 4 aromatic rings. The topological polar surface area (TPSA) is 83.4 Å². The minimum atomic E-state index is -0.439. The minimum absolute atomic E-state index is 0.427. The molecular weight excluding hydrogens is 578 g/mol. The minimum Gasteiger partial charge on any atom is -0.494 e. The van der Waals surface area contributed by atoms with Crippen LogP contribution in [0.15, 0.2) is 102 Å². The van der Waals surface area contributed by atoms with Crippen LogP contribution in [0, 0.1) is 0 Å². The van der Waals surface area contributed by atoms with Crippen molar-refractivity contribution in [2.24, 2.45) is 4.99 Å². The zero-order valence-electron chi connectivity index (χ0n) is 26.8. The van der Waals surface area contributed by atoms with E-state index < -0.39 is 11.9 Å². The maximum Gasteiger partial charge on any atom is 0.343 e. The molecule has 0 aliphatic rings. The van der Waals surface area contributed by atoms with Gasteiger partial charge in [-0.1, -0.05) is 52.4 Å². The van der Waals surface area contributed by atoms with Crippen LogP contribution in [0.2, 0.25) is 0 Å². The Morgan fingerprint density at radius 3 is 1.37 bits per heavy atom. The van der Waals surface area contributed by atoms with Crippen LogP contribution >= 0.6 is 0 Å². The number of aliphatic imine (C=N–C) groups is 1. The molecule has 46 heavy (non-hydrogen) atoms. The number of carbonyl (C=O) groups is 2. The summed E-state index contributed by atoms with van der Waals surface area (Å²) >= 11 is 0. The van der Waals surface area contributed by atoms with E-state index in [4.69, 9.17) is 18.9 Å². The first kappa shape index (κ1) is 34.0. The fourth-order valence-corrected chi connectivity index (χ4v) is 4.52. The van der Waals surface area contributed by atoms with Crippen LogP contribution in [-0.4, -0.2) is 31.4 Å². The molecule has 0 unspecified atom stereocenters. The quantitative estimate of drug-likeness (QED) is 0.0476. The van der Waals surface area contributed by atoms with Crippen LogP contribution in [0.5, 0.6) is 23.0 Å². The summed E-state index contributed by atoms with van der Waals surface area (Å²) in [6.07, 6.45) is 10.9. The third-order valence-corrected chi connectivity index (χ3v) is 7.21. The lowest BCUT2D eigenvalue weighted by Gasteiger charge is -2.08. The van der Waals surface area contributed by atoms with E-state index in [0.717, 1.165) is 42.7 Å². The van der Waals surface area contributed by atoms with Crippen molar-refractivity contribution in [2.45, 2.75) is 65.2 Å². The zero-order valence-corrected chi connectivity index (χ0v) is 26.8. The highest BCUT2D eigenvalue weighted by molar-refractivity contribution is 5.92. The van der Waals surface area contributed by atoms with E-state index in [1.807, 2.05) is 12.1 Å². The molecule has 0 saturated carbocycles.